The van der Waals surface area contributed by atoms with Crippen LogP contribution in [0.1, 0.15) is 30.8 Å². The molecule has 154 valence electrons. The number of carbonyl (C=O) groups excluding carboxylic acids is 3. The van der Waals surface area contributed by atoms with Gasteiger partial charge in [0.25, 0.3) is 5.91 Å². The van der Waals surface area contributed by atoms with Gasteiger partial charge < -0.3 is 19.9 Å². The number of ether oxygens (including phenoxy) is 1. The Morgan fingerprint density at radius 3 is 2.83 bits per heavy atom. The van der Waals surface area contributed by atoms with E-state index >= 15 is 0 Å². The fraction of sp³-hybridized carbons (Fsp3) is 0.476. The number of hydrogen-bond acceptors (Lipinski definition) is 4. The molecule has 29 heavy (non-hydrogen) atoms. The second-order valence-electron chi connectivity index (χ2n) is 8.12. The molecule has 2 N–H and O–H groups in total. The van der Waals surface area contributed by atoms with Gasteiger partial charge in [-0.25, -0.2) is 4.39 Å². The summed E-state index contributed by atoms with van der Waals surface area (Å²) in [6.45, 7) is 3.49. The number of alkyl halides is 1. The predicted octanol–water partition coefficient (Wildman–Crippen LogP) is 1.83. The van der Waals surface area contributed by atoms with Gasteiger partial charge >= 0.3 is 0 Å². The number of H-pyrrole nitrogens is 1. The average Bonchev–Trinajstić information content (AvgIpc) is 3.36. The Bertz CT molecular complexity index is 923. The number of para-hydroxylation sites is 1. The number of nitrogens with zero attached hydrogens (tertiary/aromatic N) is 1. The van der Waals surface area contributed by atoms with E-state index in [0.717, 1.165) is 10.9 Å². The number of halogens is 1. The summed E-state index contributed by atoms with van der Waals surface area (Å²) in [7, 11) is 0. The Morgan fingerprint density at radius 1 is 1.34 bits per heavy atom. The van der Waals surface area contributed by atoms with E-state index < -0.39 is 36.2 Å². The van der Waals surface area contributed by atoms with Crippen molar-refractivity contribution in [1.82, 2.24) is 15.2 Å². The van der Waals surface area contributed by atoms with E-state index in [-0.39, 0.29) is 24.9 Å². The van der Waals surface area contributed by atoms with E-state index in [0.29, 0.717) is 12.1 Å². The van der Waals surface area contributed by atoms with Gasteiger partial charge in [0, 0.05) is 10.9 Å². The Hall–Kier alpha value is -2.74. The quantitative estimate of drug-likeness (QED) is 0.800. The van der Waals surface area contributed by atoms with Crippen LogP contribution in [0, 0.1) is 5.92 Å². The first kappa shape index (κ1) is 19.6. The van der Waals surface area contributed by atoms with Crippen LogP contribution >= 0.6 is 0 Å². The molecule has 0 saturated carbocycles. The number of hydrogen-bond donors (Lipinski definition) is 2. The summed E-state index contributed by atoms with van der Waals surface area (Å²) in [6.07, 6.45) is -1.93. The number of rotatable bonds is 5. The standard InChI is InChI=1S/C21H24FN3O4/c1-11(2)7-16(21(28)25-9-13(22)19-18(25)17(26)10-29-19)24-20(27)15-8-12-5-3-4-6-14(12)23-15/h3-6,8,11,13,16,18-19,23H,7,9-10H2,1-2H3,(H,24,27)/t13-,16-,18+,19+/m0/s1. The van der Waals surface area contributed by atoms with Gasteiger partial charge in [0.2, 0.25) is 5.91 Å². The first-order valence-electron chi connectivity index (χ1n) is 9.82. The van der Waals surface area contributed by atoms with Crippen LogP contribution in [-0.4, -0.2) is 65.0 Å². The van der Waals surface area contributed by atoms with Crippen LogP contribution in [-0.2, 0) is 14.3 Å². The van der Waals surface area contributed by atoms with Gasteiger partial charge in [-0.1, -0.05) is 32.0 Å². The molecule has 1 aromatic carbocycles. The van der Waals surface area contributed by atoms with Gasteiger partial charge in [-0.3, -0.25) is 14.4 Å². The SMILES string of the molecule is CC(C)C[C@H](NC(=O)c1cc2ccccc2[nH]1)C(=O)N1C[C@H](F)[C@H]2OCC(=O)[C@H]21. The molecule has 2 aliphatic heterocycles. The molecule has 3 heterocycles. The number of benzene rings is 1. The molecule has 8 heteroatoms. The zero-order chi connectivity index (χ0) is 20.7. The molecule has 0 aliphatic carbocycles. The Morgan fingerprint density at radius 2 is 2.10 bits per heavy atom. The fourth-order valence-corrected chi connectivity index (χ4v) is 4.15. The molecule has 2 aliphatic rings. The third-order valence-corrected chi connectivity index (χ3v) is 5.49. The molecule has 7 nitrogen and oxygen atoms in total. The molecule has 4 rings (SSSR count). The second-order valence-corrected chi connectivity index (χ2v) is 8.12. The van der Waals surface area contributed by atoms with Gasteiger partial charge in [0.05, 0.1) is 6.54 Å². The molecule has 2 amide bonds. The molecule has 2 fully saturated rings. The van der Waals surface area contributed by atoms with Crippen molar-refractivity contribution in [2.24, 2.45) is 5.92 Å². The van der Waals surface area contributed by atoms with Crippen LogP contribution < -0.4 is 5.32 Å². The Balaban J connectivity index is 1.54. The molecule has 2 saturated heterocycles. The minimum absolute atomic E-state index is 0.113. The lowest BCUT2D eigenvalue weighted by molar-refractivity contribution is -0.138. The zero-order valence-electron chi connectivity index (χ0n) is 16.4. The fourth-order valence-electron chi connectivity index (χ4n) is 4.15. The van der Waals surface area contributed by atoms with E-state index in [1.165, 1.54) is 4.90 Å². The summed E-state index contributed by atoms with van der Waals surface area (Å²) in [6, 6.07) is 7.45. The normalized spacial score (nSPS) is 24.9. The summed E-state index contributed by atoms with van der Waals surface area (Å²) in [4.78, 5) is 42.4. The molecular formula is C21H24FN3O4. The van der Waals surface area contributed by atoms with E-state index in [4.69, 9.17) is 4.74 Å². The lowest BCUT2D eigenvalue weighted by atomic mass is 10.0. The maximum Gasteiger partial charge on any atom is 0.268 e. The van der Waals surface area contributed by atoms with Crippen LogP contribution in [0.2, 0.25) is 0 Å². The number of likely N-dealkylation sites (tertiary alicyclic amines) is 1. The molecule has 0 unspecified atom stereocenters. The van der Waals surface area contributed by atoms with Gasteiger partial charge in [0.1, 0.15) is 36.7 Å². The number of aromatic amines is 1. The van der Waals surface area contributed by atoms with Crippen molar-refractivity contribution in [3.63, 3.8) is 0 Å². The highest BCUT2D eigenvalue weighted by molar-refractivity contribution is 6.01. The molecule has 4 atom stereocenters. The molecule has 1 aromatic heterocycles. The van der Waals surface area contributed by atoms with E-state index in [1.807, 2.05) is 38.1 Å². The van der Waals surface area contributed by atoms with Crippen LogP contribution in [0.25, 0.3) is 10.9 Å². The van der Waals surface area contributed by atoms with Crippen molar-refractivity contribution in [2.45, 2.75) is 44.6 Å². The number of amides is 2. The molecule has 2 aromatic rings. The maximum atomic E-state index is 14.3. The Labute approximate surface area is 167 Å². The molecule has 0 radical (unpaired) electrons. The third-order valence-electron chi connectivity index (χ3n) is 5.49. The number of fused-ring (bicyclic) bond motifs is 2. The van der Waals surface area contributed by atoms with E-state index in [9.17, 15) is 18.8 Å². The lowest BCUT2D eigenvalue weighted by Crippen LogP contribution is -2.52. The number of nitrogens with one attached hydrogen (secondary N) is 2. The summed E-state index contributed by atoms with van der Waals surface area (Å²) in [5.74, 6) is -1.05. The molecular weight excluding hydrogens is 377 g/mol. The number of Topliss-reactive ketones (excluding diaryl/α,β-unsaturated/α-hetero) is 1. The molecule has 0 spiro atoms. The highest BCUT2D eigenvalue weighted by atomic mass is 19.1. The highest BCUT2D eigenvalue weighted by Crippen LogP contribution is 2.30. The average molecular weight is 401 g/mol. The van der Waals surface area contributed by atoms with Crippen LogP contribution in [0.4, 0.5) is 4.39 Å². The zero-order valence-corrected chi connectivity index (χ0v) is 16.4. The summed E-state index contributed by atoms with van der Waals surface area (Å²) in [5, 5.41) is 3.67. The van der Waals surface area contributed by atoms with Gasteiger partial charge in [-0.2, -0.15) is 0 Å². The van der Waals surface area contributed by atoms with Crippen molar-refractivity contribution in [2.75, 3.05) is 13.2 Å². The number of aromatic nitrogens is 1. The largest absolute Gasteiger partial charge is 0.365 e. The molecule has 0 bridgehead atoms. The highest BCUT2D eigenvalue weighted by Gasteiger charge is 2.53. The lowest BCUT2D eigenvalue weighted by Gasteiger charge is -2.28. The first-order valence-corrected chi connectivity index (χ1v) is 9.82. The van der Waals surface area contributed by atoms with Gasteiger partial charge in [0.15, 0.2) is 5.78 Å². The van der Waals surface area contributed by atoms with E-state index in [1.54, 1.807) is 6.07 Å². The summed E-state index contributed by atoms with van der Waals surface area (Å²) < 4.78 is 19.5. The third kappa shape index (κ3) is 3.64. The summed E-state index contributed by atoms with van der Waals surface area (Å²) in [5.41, 5.74) is 1.16. The number of carbonyl (C=O) groups is 3. The van der Waals surface area contributed by atoms with Crippen molar-refractivity contribution in [1.29, 1.82) is 0 Å². The van der Waals surface area contributed by atoms with Crippen LogP contribution in [0.3, 0.4) is 0 Å². The van der Waals surface area contributed by atoms with Crippen molar-refractivity contribution >= 4 is 28.5 Å². The first-order chi connectivity index (χ1) is 13.8. The van der Waals surface area contributed by atoms with Crippen LogP contribution in [0.5, 0.6) is 0 Å². The van der Waals surface area contributed by atoms with Gasteiger partial charge in [-0.15, -0.1) is 0 Å². The minimum Gasteiger partial charge on any atom is -0.365 e. The predicted molar refractivity (Wildman–Crippen MR) is 104 cm³/mol. The van der Waals surface area contributed by atoms with Gasteiger partial charge in [-0.05, 0) is 24.5 Å². The topological polar surface area (TPSA) is 91.5 Å². The van der Waals surface area contributed by atoms with Crippen molar-refractivity contribution in [3.8, 4) is 0 Å². The van der Waals surface area contributed by atoms with Crippen LogP contribution in [0.15, 0.2) is 30.3 Å². The smallest absolute Gasteiger partial charge is 0.268 e. The van der Waals surface area contributed by atoms with Crippen molar-refractivity contribution < 1.29 is 23.5 Å². The monoisotopic (exact) mass is 401 g/mol. The van der Waals surface area contributed by atoms with Crippen molar-refractivity contribution in [3.05, 3.63) is 36.0 Å². The maximum absolute atomic E-state index is 14.3. The van der Waals surface area contributed by atoms with E-state index in [2.05, 4.69) is 10.3 Å². The second kappa shape index (κ2) is 7.59. The summed E-state index contributed by atoms with van der Waals surface area (Å²) >= 11 is 0. The minimum atomic E-state index is -1.40. The number of ketones is 1. The Kier molecular flexibility index (Phi) is 5.12.